The number of aliphatic hydroxyl groups is 3. The second-order valence-electron chi connectivity index (χ2n) is 7.41. The second kappa shape index (κ2) is 7.40. The quantitative estimate of drug-likeness (QED) is 0.654. The van der Waals surface area contributed by atoms with Crippen molar-refractivity contribution in [3.8, 4) is 0 Å². The van der Waals surface area contributed by atoms with Crippen molar-refractivity contribution in [3.05, 3.63) is 69.0 Å². The van der Waals surface area contributed by atoms with Crippen LogP contribution in [0.25, 0.3) is 0 Å². The smallest absolute Gasteiger partial charge is 0.333 e. The van der Waals surface area contributed by atoms with Crippen LogP contribution >= 0.6 is 0 Å². The highest BCUT2D eigenvalue weighted by atomic mass is 16.6. The Morgan fingerprint density at radius 3 is 2.33 bits per heavy atom. The molecule has 0 amide bonds. The van der Waals surface area contributed by atoms with E-state index in [2.05, 4.69) is 0 Å². The van der Waals surface area contributed by atoms with E-state index in [-0.39, 0.29) is 6.54 Å². The first kappa shape index (κ1) is 19.5. The largest absolute Gasteiger partial charge is 0.394 e. The van der Waals surface area contributed by atoms with E-state index < -0.39 is 47.8 Å². The zero-order chi connectivity index (χ0) is 19.8. The van der Waals surface area contributed by atoms with E-state index in [9.17, 15) is 24.9 Å². The highest BCUT2D eigenvalue weighted by Crippen LogP contribution is 2.28. The summed E-state index contributed by atoms with van der Waals surface area (Å²) in [6, 6.07) is 10.8. The van der Waals surface area contributed by atoms with Gasteiger partial charge in [-0.1, -0.05) is 44.2 Å². The number of benzene rings is 1. The van der Waals surface area contributed by atoms with Crippen molar-refractivity contribution >= 4 is 0 Å². The van der Waals surface area contributed by atoms with Crippen LogP contribution in [0.3, 0.4) is 0 Å². The lowest BCUT2D eigenvalue weighted by Crippen LogP contribution is -2.45. The van der Waals surface area contributed by atoms with E-state index in [0.29, 0.717) is 0 Å². The SMILES string of the molecule is CC(C)(Cn1c(=O)ccn(C2OC(CO)C(O)C2O)c1=O)c1ccccc1. The molecule has 3 rings (SSSR count). The minimum atomic E-state index is -1.40. The Labute approximate surface area is 155 Å². The molecule has 0 radical (unpaired) electrons. The molecule has 0 bridgehead atoms. The lowest BCUT2D eigenvalue weighted by Gasteiger charge is -2.27. The highest BCUT2D eigenvalue weighted by molar-refractivity contribution is 5.23. The summed E-state index contributed by atoms with van der Waals surface area (Å²) in [5.74, 6) is 0. The van der Waals surface area contributed by atoms with Gasteiger partial charge in [0.25, 0.3) is 5.56 Å². The third kappa shape index (κ3) is 3.61. The Morgan fingerprint density at radius 1 is 1.07 bits per heavy atom. The van der Waals surface area contributed by atoms with Crippen LogP contribution in [0.4, 0.5) is 0 Å². The molecular formula is C19H24N2O6. The minimum absolute atomic E-state index is 0.129. The summed E-state index contributed by atoms with van der Waals surface area (Å²) in [5.41, 5.74) is -0.640. The van der Waals surface area contributed by atoms with Gasteiger partial charge >= 0.3 is 5.69 Å². The van der Waals surface area contributed by atoms with Crippen molar-refractivity contribution < 1.29 is 20.1 Å². The van der Waals surface area contributed by atoms with Gasteiger partial charge in [-0.25, -0.2) is 4.79 Å². The van der Waals surface area contributed by atoms with E-state index >= 15 is 0 Å². The van der Waals surface area contributed by atoms with E-state index in [0.717, 1.165) is 14.7 Å². The molecule has 1 fully saturated rings. The Kier molecular flexibility index (Phi) is 5.34. The molecule has 0 saturated carbocycles. The molecule has 146 valence electrons. The highest BCUT2D eigenvalue weighted by Gasteiger charge is 2.44. The van der Waals surface area contributed by atoms with Crippen LogP contribution in [0.5, 0.6) is 0 Å². The van der Waals surface area contributed by atoms with Crippen molar-refractivity contribution in [2.24, 2.45) is 0 Å². The number of hydrogen-bond donors (Lipinski definition) is 3. The van der Waals surface area contributed by atoms with Crippen LogP contribution in [-0.4, -0.2) is 49.4 Å². The van der Waals surface area contributed by atoms with Crippen LogP contribution in [0.15, 0.2) is 52.2 Å². The van der Waals surface area contributed by atoms with Gasteiger partial charge in [-0.2, -0.15) is 0 Å². The fourth-order valence-corrected chi connectivity index (χ4v) is 3.36. The van der Waals surface area contributed by atoms with Gasteiger partial charge in [0.2, 0.25) is 0 Å². The monoisotopic (exact) mass is 376 g/mol. The molecule has 2 aromatic rings. The number of ether oxygens (including phenoxy) is 1. The molecule has 8 nitrogen and oxygen atoms in total. The van der Waals surface area contributed by atoms with Crippen molar-refractivity contribution in [3.63, 3.8) is 0 Å². The maximum Gasteiger partial charge on any atom is 0.333 e. The van der Waals surface area contributed by atoms with Gasteiger partial charge in [0.15, 0.2) is 6.23 Å². The number of aliphatic hydroxyl groups excluding tert-OH is 3. The molecule has 1 aromatic carbocycles. The van der Waals surface area contributed by atoms with Crippen LogP contribution in [0, 0.1) is 0 Å². The van der Waals surface area contributed by atoms with E-state index in [4.69, 9.17) is 4.74 Å². The molecule has 8 heteroatoms. The summed E-state index contributed by atoms with van der Waals surface area (Å²) in [7, 11) is 0. The fraction of sp³-hybridized carbons (Fsp3) is 0.474. The summed E-state index contributed by atoms with van der Waals surface area (Å²) < 4.78 is 7.57. The predicted octanol–water partition coefficient (Wildman–Crippen LogP) is -0.401. The van der Waals surface area contributed by atoms with Crippen molar-refractivity contribution in [2.45, 2.75) is 50.3 Å². The van der Waals surface area contributed by atoms with Crippen LogP contribution in [0.1, 0.15) is 25.6 Å². The van der Waals surface area contributed by atoms with Crippen LogP contribution in [-0.2, 0) is 16.7 Å². The minimum Gasteiger partial charge on any atom is -0.394 e. The number of rotatable bonds is 5. The molecule has 0 aliphatic carbocycles. The third-order valence-electron chi connectivity index (χ3n) is 5.00. The average Bonchev–Trinajstić information content (AvgIpc) is 2.94. The zero-order valence-corrected chi connectivity index (χ0v) is 15.2. The van der Waals surface area contributed by atoms with Crippen LogP contribution in [0.2, 0.25) is 0 Å². The van der Waals surface area contributed by atoms with Crippen molar-refractivity contribution in [1.29, 1.82) is 0 Å². The molecule has 1 saturated heterocycles. The van der Waals surface area contributed by atoms with Gasteiger partial charge in [0.05, 0.1) is 6.61 Å². The summed E-state index contributed by atoms with van der Waals surface area (Å²) in [4.78, 5) is 25.3. The normalized spacial score (nSPS) is 25.7. The Bertz CT molecular complexity index is 904. The topological polar surface area (TPSA) is 114 Å². The van der Waals surface area contributed by atoms with Crippen molar-refractivity contribution in [1.82, 2.24) is 9.13 Å². The standard InChI is InChI=1S/C19H24N2O6/c1-19(2,12-6-4-3-5-7-12)11-21-14(23)8-9-20(18(21)26)17-16(25)15(24)13(10-22)27-17/h3-9,13,15-17,22,24-25H,10-11H2,1-2H3. The molecule has 3 N–H and O–H groups in total. The first-order chi connectivity index (χ1) is 12.8. The van der Waals surface area contributed by atoms with E-state index in [1.165, 1.54) is 12.3 Å². The number of hydrogen-bond acceptors (Lipinski definition) is 6. The predicted molar refractivity (Wildman–Crippen MR) is 97.4 cm³/mol. The summed E-state index contributed by atoms with van der Waals surface area (Å²) in [6.07, 6.45) is -3.67. The molecular weight excluding hydrogens is 352 g/mol. The summed E-state index contributed by atoms with van der Waals surface area (Å²) in [6.45, 7) is 3.49. The van der Waals surface area contributed by atoms with Gasteiger partial charge in [-0.05, 0) is 5.56 Å². The van der Waals surface area contributed by atoms with Gasteiger partial charge in [-0.3, -0.25) is 13.9 Å². The molecule has 4 unspecified atom stereocenters. The van der Waals surface area contributed by atoms with Gasteiger partial charge in [0.1, 0.15) is 18.3 Å². The maximum atomic E-state index is 12.9. The van der Waals surface area contributed by atoms with Gasteiger partial charge < -0.3 is 20.1 Å². The Hall–Kier alpha value is -2.26. The maximum absolute atomic E-state index is 12.9. The molecule has 1 aromatic heterocycles. The number of nitrogens with zero attached hydrogens (tertiary/aromatic N) is 2. The first-order valence-corrected chi connectivity index (χ1v) is 8.76. The lowest BCUT2D eigenvalue weighted by atomic mass is 9.84. The fourth-order valence-electron chi connectivity index (χ4n) is 3.36. The Balaban J connectivity index is 1.98. The molecule has 2 heterocycles. The Morgan fingerprint density at radius 2 is 1.74 bits per heavy atom. The molecule has 1 aliphatic rings. The zero-order valence-electron chi connectivity index (χ0n) is 15.2. The van der Waals surface area contributed by atoms with Gasteiger partial charge in [-0.15, -0.1) is 0 Å². The summed E-state index contributed by atoms with van der Waals surface area (Å²) >= 11 is 0. The molecule has 0 spiro atoms. The second-order valence-corrected chi connectivity index (χ2v) is 7.41. The molecule has 4 atom stereocenters. The van der Waals surface area contributed by atoms with E-state index in [1.807, 2.05) is 44.2 Å². The molecule has 1 aliphatic heterocycles. The van der Waals surface area contributed by atoms with Crippen molar-refractivity contribution in [2.75, 3.05) is 6.61 Å². The first-order valence-electron chi connectivity index (χ1n) is 8.76. The third-order valence-corrected chi connectivity index (χ3v) is 5.00. The van der Waals surface area contributed by atoms with E-state index in [1.54, 1.807) is 0 Å². The average molecular weight is 376 g/mol. The number of aromatic nitrogens is 2. The summed E-state index contributed by atoms with van der Waals surface area (Å²) in [5, 5.41) is 29.3. The van der Waals surface area contributed by atoms with Gasteiger partial charge in [0, 0.05) is 24.2 Å². The lowest BCUT2D eigenvalue weighted by molar-refractivity contribution is -0.0557. The molecule has 27 heavy (non-hydrogen) atoms. The van der Waals surface area contributed by atoms with Crippen LogP contribution < -0.4 is 11.2 Å².